The van der Waals surface area contributed by atoms with Gasteiger partial charge in [0, 0.05) is 6.07 Å². The predicted molar refractivity (Wildman–Crippen MR) is 163 cm³/mol. The van der Waals surface area contributed by atoms with Crippen molar-refractivity contribution in [3.8, 4) is 5.82 Å². The fourth-order valence-electron chi connectivity index (χ4n) is 3.86. The zero-order valence-corrected chi connectivity index (χ0v) is 28.3. The Morgan fingerprint density at radius 3 is 2.26 bits per heavy atom. The highest BCUT2D eigenvalue weighted by Gasteiger charge is 2.43. The summed E-state index contributed by atoms with van der Waals surface area (Å²) in [7, 11) is -4.30. The van der Waals surface area contributed by atoms with Gasteiger partial charge < -0.3 is 8.85 Å². The van der Waals surface area contributed by atoms with Crippen molar-refractivity contribution < 1.29 is 13.8 Å². The van der Waals surface area contributed by atoms with Crippen LogP contribution in [0.4, 0.5) is 5.69 Å². The second-order valence-electron chi connectivity index (χ2n) is 13.1. The molecule has 2 heterocycles. The third-order valence-electron chi connectivity index (χ3n) is 8.42. The van der Waals surface area contributed by atoms with E-state index in [9.17, 15) is 10.1 Å². The maximum absolute atomic E-state index is 11.1. The average Bonchev–Trinajstić information content (AvgIpc) is 3.30. The summed E-state index contributed by atoms with van der Waals surface area (Å²) in [5.41, 5.74) is 0.432. The van der Waals surface area contributed by atoms with Crippen molar-refractivity contribution in [1.29, 1.82) is 0 Å². The van der Waals surface area contributed by atoms with Gasteiger partial charge in [0.1, 0.15) is 18.0 Å². The molecule has 0 aliphatic heterocycles. The molecule has 0 fully saturated rings. The number of nitrogens with zero attached hydrogens (tertiary/aromatic N) is 5. The molecule has 2 aromatic heterocycles. The Morgan fingerprint density at radius 1 is 1.05 bits per heavy atom. The standard InChI is InChI=1S/C27H48ClN5O4Si2/c1-11-12-13-14-15-16-27(5,6)39(9,10)36-20-24(37-38(7,8)26(2,3)4)23-19-30-32(31-23)25-22(28)17-21(18-29-25)33(34)35/h17-19,24H,11-16,20H2,1-10H3. The van der Waals surface area contributed by atoms with Gasteiger partial charge in [0.05, 0.1) is 22.7 Å². The maximum Gasteiger partial charge on any atom is 0.289 e. The molecule has 12 heteroatoms. The summed E-state index contributed by atoms with van der Waals surface area (Å²) in [4.78, 5) is 16.0. The molecule has 0 bridgehead atoms. The predicted octanol–water partition coefficient (Wildman–Crippen LogP) is 8.65. The molecule has 220 valence electrons. The van der Waals surface area contributed by atoms with Gasteiger partial charge in [-0.1, -0.05) is 85.2 Å². The van der Waals surface area contributed by atoms with Gasteiger partial charge in [-0.3, -0.25) is 10.1 Å². The Labute approximate surface area is 241 Å². The number of aromatic nitrogens is 4. The zero-order chi connectivity index (χ0) is 29.6. The summed E-state index contributed by atoms with van der Waals surface area (Å²) in [6.45, 7) is 22.9. The number of hydrogen-bond acceptors (Lipinski definition) is 7. The van der Waals surface area contributed by atoms with Crippen molar-refractivity contribution in [2.24, 2.45) is 0 Å². The van der Waals surface area contributed by atoms with Crippen LogP contribution in [0, 0.1) is 10.1 Å². The van der Waals surface area contributed by atoms with Gasteiger partial charge in [-0.15, -0.1) is 9.90 Å². The first-order valence-corrected chi connectivity index (χ1v) is 20.2. The molecule has 2 rings (SSSR count). The molecular weight excluding hydrogens is 550 g/mol. The van der Waals surface area contributed by atoms with Crippen molar-refractivity contribution in [3.63, 3.8) is 0 Å². The molecule has 0 saturated heterocycles. The highest BCUT2D eigenvalue weighted by Crippen LogP contribution is 2.44. The van der Waals surface area contributed by atoms with E-state index in [1.807, 2.05) is 0 Å². The SMILES string of the molecule is CCCCCCCC(C)(C)[Si](C)(C)OCC(O[Si](C)(C)C(C)(C)C)c1cnn(-c2ncc([N+](=O)[O-])cc2Cl)n1. The third kappa shape index (κ3) is 8.91. The van der Waals surface area contributed by atoms with Crippen molar-refractivity contribution in [1.82, 2.24) is 20.0 Å². The third-order valence-corrected chi connectivity index (χ3v) is 17.6. The summed E-state index contributed by atoms with van der Waals surface area (Å²) in [6, 6.07) is 1.25. The van der Waals surface area contributed by atoms with Gasteiger partial charge in [-0.05, 0) is 42.7 Å². The van der Waals surface area contributed by atoms with E-state index in [0.29, 0.717) is 12.3 Å². The van der Waals surface area contributed by atoms with Crippen molar-refractivity contribution >= 4 is 33.9 Å². The number of rotatable bonds is 15. The Bertz CT molecular complexity index is 1100. The average molecular weight is 598 g/mol. The van der Waals surface area contributed by atoms with E-state index in [1.54, 1.807) is 6.20 Å². The quantitative estimate of drug-likeness (QED) is 0.0875. The fourth-order valence-corrected chi connectivity index (χ4v) is 7.08. The molecule has 1 atom stereocenters. The van der Waals surface area contributed by atoms with Crippen LogP contribution in [-0.4, -0.2) is 48.1 Å². The van der Waals surface area contributed by atoms with E-state index < -0.39 is 27.7 Å². The van der Waals surface area contributed by atoms with Crippen LogP contribution in [0.3, 0.4) is 0 Å². The molecule has 0 saturated carbocycles. The summed E-state index contributed by atoms with van der Waals surface area (Å²) in [6.07, 6.45) is 9.85. The molecule has 2 aromatic rings. The minimum absolute atomic E-state index is 0.00478. The van der Waals surface area contributed by atoms with Crippen LogP contribution in [0.25, 0.3) is 5.82 Å². The Hall–Kier alpha value is -1.67. The summed E-state index contributed by atoms with van der Waals surface area (Å²) in [5, 5.41) is 20.3. The lowest BCUT2D eigenvalue weighted by Crippen LogP contribution is -2.46. The Balaban J connectivity index is 2.29. The van der Waals surface area contributed by atoms with Crippen molar-refractivity contribution in [2.75, 3.05) is 6.61 Å². The minimum Gasteiger partial charge on any atom is -0.414 e. The molecule has 0 spiro atoms. The van der Waals surface area contributed by atoms with Crippen LogP contribution < -0.4 is 0 Å². The lowest BCUT2D eigenvalue weighted by Gasteiger charge is -2.42. The second-order valence-corrected chi connectivity index (χ2v) is 22.9. The van der Waals surface area contributed by atoms with E-state index in [4.69, 9.17) is 20.5 Å². The van der Waals surface area contributed by atoms with Gasteiger partial charge in [0.2, 0.25) is 0 Å². The first-order chi connectivity index (χ1) is 17.9. The van der Waals surface area contributed by atoms with Crippen LogP contribution in [0.5, 0.6) is 0 Å². The van der Waals surface area contributed by atoms with Gasteiger partial charge in [-0.25, -0.2) is 4.98 Å². The largest absolute Gasteiger partial charge is 0.414 e. The molecule has 39 heavy (non-hydrogen) atoms. The van der Waals surface area contributed by atoms with E-state index in [2.05, 4.69) is 82.9 Å². The topological polar surface area (TPSA) is 105 Å². The number of unbranched alkanes of at least 4 members (excludes halogenated alkanes) is 4. The van der Waals surface area contributed by atoms with E-state index in [1.165, 1.54) is 43.0 Å². The Morgan fingerprint density at radius 2 is 1.69 bits per heavy atom. The van der Waals surface area contributed by atoms with Crippen molar-refractivity contribution in [3.05, 3.63) is 39.3 Å². The first kappa shape index (κ1) is 33.5. The van der Waals surface area contributed by atoms with E-state index in [-0.39, 0.29) is 26.6 Å². The van der Waals surface area contributed by atoms with Gasteiger partial charge in [-0.2, -0.15) is 5.10 Å². The zero-order valence-electron chi connectivity index (χ0n) is 25.5. The summed E-state index contributed by atoms with van der Waals surface area (Å²) < 4.78 is 13.6. The second kappa shape index (κ2) is 13.3. The lowest BCUT2D eigenvalue weighted by molar-refractivity contribution is -0.385. The molecule has 0 aliphatic carbocycles. The maximum atomic E-state index is 11.1. The fraction of sp³-hybridized carbons (Fsp3) is 0.741. The van der Waals surface area contributed by atoms with Crippen LogP contribution in [0.2, 0.25) is 41.3 Å². The Kier molecular flexibility index (Phi) is 11.5. The number of hydrogen-bond donors (Lipinski definition) is 0. The molecule has 0 radical (unpaired) electrons. The lowest BCUT2D eigenvalue weighted by atomic mass is 10.0. The van der Waals surface area contributed by atoms with Crippen LogP contribution >= 0.6 is 11.6 Å². The molecule has 0 N–H and O–H groups in total. The van der Waals surface area contributed by atoms with Crippen molar-refractivity contribution in [2.45, 2.75) is 122 Å². The molecule has 0 amide bonds. The van der Waals surface area contributed by atoms with Gasteiger partial charge >= 0.3 is 0 Å². The van der Waals surface area contributed by atoms with Gasteiger partial charge in [0.25, 0.3) is 5.69 Å². The molecule has 0 aliphatic rings. The number of nitro groups is 1. The molecule has 9 nitrogen and oxygen atoms in total. The number of pyridine rings is 1. The van der Waals surface area contributed by atoms with Crippen LogP contribution in [-0.2, 0) is 8.85 Å². The summed E-state index contributed by atoms with van der Waals surface area (Å²) in [5.74, 6) is 0.222. The smallest absolute Gasteiger partial charge is 0.289 e. The monoisotopic (exact) mass is 597 g/mol. The van der Waals surface area contributed by atoms with Gasteiger partial charge in [0.15, 0.2) is 22.5 Å². The minimum atomic E-state index is -2.19. The first-order valence-electron chi connectivity index (χ1n) is 14.0. The molecular formula is C27H48ClN5O4Si2. The number of halogens is 1. The van der Waals surface area contributed by atoms with E-state index in [0.717, 1.165) is 12.6 Å². The van der Waals surface area contributed by atoms with Crippen LogP contribution in [0.15, 0.2) is 18.5 Å². The van der Waals surface area contributed by atoms with Crippen LogP contribution in [0.1, 0.15) is 91.9 Å². The highest BCUT2D eigenvalue weighted by atomic mass is 35.5. The molecule has 0 aromatic carbocycles. The summed E-state index contributed by atoms with van der Waals surface area (Å²) >= 11 is 6.29. The molecule has 1 unspecified atom stereocenters. The normalized spacial score (nSPS) is 14.0. The highest BCUT2D eigenvalue weighted by molar-refractivity contribution is 6.74. The van der Waals surface area contributed by atoms with E-state index >= 15 is 0 Å².